The molecule has 110 valence electrons. The van der Waals surface area contributed by atoms with E-state index in [2.05, 4.69) is 0 Å². The molecule has 0 saturated carbocycles. The fraction of sp³-hybridized carbons (Fsp3) is 0.562. The molecule has 1 aliphatic rings. The first-order valence-corrected chi connectivity index (χ1v) is 7.13. The van der Waals surface area contributed by atoms with Crippen molar-refractivity contribution in [2.75, 3.05) is 26.4 Å². The summed E-state index contributed by atoms with van der Waals surface area (Å²) in [6, 6.07) is 7.74. The van der Waals surface area contributed by atoms with Crippen molar-refractivity contribution in [2.45, 2.75) is 32.7 Å². The Balaban J connectivity index is 2.00. The van der Waals surface area contributed by atoms with E-state index < -0.39 is 0 Å². The number of ether oxygens (including phenoxy) is 2. The first kappa shape index (κ1) is 14.9. The van der Waals surface area contributed by atoms with E-state index in [0.717, 1.165) is 11.3 Å². The molecule has 0 N–H and O–H groups in total. The molecule has 0 bridgehead atoms. The van der Waals surface area contributed by atoms with Gasteiger partial charge in [-0.25, -0.2) is 0 Å². The van der Waals surface area contributed by atoms with Gasteiger partial charge >= 0.3 is 0 Å². The van der Waals surface area contributed by atoms with Crippen molar-refractivity contribution < 1.29 is 14.3 Å². The molecular formula is C16H23NO3. The zero-order chi connectivity index (χ0) is 14.6. The largest absolute Gasteiger partial charge is 0.494 e. The highest BCUT2D eigenvalue weighted by atomic mass is 16.5. The van der Waals surface area contributed by atoms with E-state index in [-0.39, 0.29) is 11.4 Å². The maximum absolute atomic E-state index is 12.4. The molecule has 1 aromatic carbocycles. The number of hydrogen-bond acceptors (Lipinski definition) is 3. The van der Waals surface area contributed by atoms with Crippen LogP contribution in [0.1, 0.15) is 26.3 Å². The number of carbonyl (C=O) groups is 1. The van der Waals surface area contributed by atoms with Gasteiger partial charge in [0.05, 0.1) is 31.8 Å². The van der Waals surface area contributed by atoms with Crippen LogP contribution < -0.4 is 4.74 Å². The summed E-state index contributed by atoms with van der Waals surface area (Å²) >= 11 is 0. The molecule has 0 spiro atoms. The zero-order valence-electron chi connectivity index (χ0n) is 12.5. The monoisotopic (exact) mass is 277 g/mol. The van der Waals surface area contributed by atoms with Crippen LogP contribution in [0.5, 0.6) is 5.75 Å². The molecular weight excluding hydrogens is 254 g/mol. The van der Waals surface area contributed by atoms with E-state index in [1.165, 1.54) is 0 Å². The topological polar surface area (TPSA) is 38.8 Å². The number of benzene rings is 1. The molecule has 4 heteroatoms. The lowest BCUT2D eigenvalue weighted by molar-refractivity contribution is -0.145. The van der Waals surface area contributed by atoms with E-state index in [1.807, 2.05) is 49.9 Å². The molecule has 2 rings (SSSR count). The second-order valence-electron chi connectivity index (χ2n) is 5.66. The molecule has 1 aromatic rings. The molecule has 0 aliphatic carbocycles. The first-order valence-electron chi connectivity index (χ1n) is 7.13. The van der Waals surface area contributed by atoms with Crippen molar-refractivity contribution in [3.63, 3.8) is 0 Å². The molecule has 0 atom stereocenters. The lowest BCUT2D eigenvalue weighted by Crippen LogP contribution is -2.55. The van der Waals surface area contributed by atoms with Gasteiger partial charge in [0.2, 0.25) is 5.91 Å². The molecule has 1 fully saturated rings. The van der Waals surface area contributed by atoms with Gasteiger partial charge in [0, 0.05) is 6.54 Å². The SMILES string of the molecule is CCOc1ccc(CC(=O)N2CCOCC2(C)C)cc1. The van der Waals surface area contributed by atoms with Crippen molar-refractivity contribution in [2.24, 2.45) is 0 Å². The Hall–Kier alpha value is -1.55. The summed E-state index contributed by atoms with van der Waals surface area (Å²) in [7, 11) is 0. The van der Waals surface area contributed by atoms with Crippen LogP contribution in [0.4, 0.5) is 0 Å². The van der Waals surface area contributed by atoms with Gasteiger partial charge in [0.25, 0.3) is 0 Å². The molecule has 0 unspecified atom stereocenters. The number of hydrogen-bond donors (Lipinski definition) is 0. The fourth-order valence-corrected chi connectivity index (χ4v) is 2.46. The quantitative estimate of drug-likeness (QED) is 0.847. The Bertz CT molecular complexity index is 453. The Morgan fingerprint density at radius 3 is 2.65 bits per heavy atom. The fourth-order valence-electron chi connectivity index (χ4n) is 2.46. The predicted molar refractivity (Wildman–Crippen MR) is 77.9 cm³/mol. The molecule has 1 aliphatic heterocycles. The normalized spacial score (nSPS) is 17.9. The lowest BCUT2D eigenvalue weighted by atomic mass is 10.0. The Kier molecular flexibility index (Phi) is 4.65. The number of nitrogens with zero attached hydrogens (tertiary/aromatic N) is 1. The Labute approximate surface area is 120 Å². The summed E-state index contributed by atoms with van der Waals surface area (Å²) in [6.45, 7) is 8.59. The van der Waals surface area contributed by atoms with Gasteiger partial charge < -0.3 is 14.4 Å². The zero-order valence-corrected chi connectivity index (χ0v) is 12.5. The summed E-state index contributed by atoms with van der Waals surface area (Å²) in [4.78, 5) is 14.4. The van der Waals surface area contributed by atoms with Crippen molar-refractivity contribution in [3.8, 4) is 5.75 Å². The minimum Gasteiger partial charge on any atom is -0.494 e. The number of carbonyl (C=O) groups excluding carboxylic acids is 1. The Morgan fingerprint density at radius 1 is 1.35 bits per heavy atom. The van der Waals surface area contributed by atoms with Crippen molar-refractivity contribution in [3.05, 3.63) is 29.8 Å². The minimum absolute atomic E-state index is 0.155. The van der Waals surface area contributed by atoms with Gasteiger partial charge in [-0.3, -0.25) is 4.79 Å². The average molecular weight is 277 g/mol. The summed E-state index contributed by atoms with van der Waals surface area (Å²) < 4.78 is 10.9. The van der Waals surface area contributed by atoms with Crippen molar-refractivity contribution in [1.29, 1.82) is 0 Å². The third-order valence-electron chi connectivity index (χ3n) is 3.54. The Morgan fingerprint density at radius 2 is 2.05 bits per heavy atom. The van der Waals surface area contributed by atoms with Crippen molar-refractivity contribution >= 4 is 5.91 Å². The van der Waals surface area contributed by atoms with Crippen LogP contribution >= 0.6 is 0 Å². The summed E-state index contributed by atoms with van der Waals surface area (Å²) in [5, 5.41) is 0. The molecule has 0 radical (unpaired) electrons. The van der Waals surface area contributed by atoms with Crippen LogP contribution in [0, 0.1) is 0 Å². The summed E-state index contributed by atoms with van der Waals surface area (Å²) in [5.41, 5.74) is 0.793. The highest BCUT2D eigenvalue weighted by Crippen LogP contribution is 2.21. The third kappa shape index (κ3) is 3.51. The van der Waals surface area contributed by atoms with E-state index in [1.54, 1.807) is 0 Å². The van der Waals surface area contributed by atoms with E-state index >= 15 is 0 Å². The first-order chi connectivity index (χ1) is 9.53. The van der Waals surface area contributed by atoms with Crippen LogP contribution in [0.15, 0.2) is 24.3 Å². The van der Waals surface area contributed by atoms with Gasteiger partial charge in [0.15, 0.2) is 0 Å². The van der Waals surface area contributed by atoms with Gasteiger partial charge in [0.1, 0.15) is 5.75 Å². The third-order valence-corrected chi connectivity index (χ3v) is 3.54. The summed E-state index contributed by atoms with van der Waals surface area (Å²) in [5.74, 6) is 0.998. The maximum Gasteiger partial charge on any atom is 0.227 e. The number of amides is 1. The van der Waals surface area contributed by atoms with E-state index in [9.17, 15) is 4.79 Å². The van der Waals surface area contributed by atoms with Gasteiger partial charge in [-0.1, -0.05) is 12.1 Å². The van der Waals surface area contributed by atoms with E-state index in [0.29, 0.717) is 32.8 Å². The van der Waals surface area contributed by atoms with Crippen LogP contribution in [-0.4, -0.2) is 42.7 Å². The molecule has 4 nitrogen and oxygen atoms in total. The minimum atomic E-state index is -0.222. The maximum atomic E-state index is 12.4. The van der Waals surface area contributed by atoms with Crippen molar-refractivity contribution in [1.82, 2.24) is 4.90 Å². The molecule has 0 aromatic heterocycles. The highest BCUT2D eigenvalue weighted by molar-refractivity contribution is 5.79. The lowest BCUT2D eigenvalue weighted by Gasteiger charge is -2.42. The van der Waals surface area contributed by atoms with Gasteiger partial charge in [-0.2, -0.15) is 0 Å². The van der Waals surface area contributed by atoms with Gasteiger partial charge in [-0.05, 0) is 38.5 Å². The highest BCUT2D eigenvalue weighted by Gasteiger charge is 2.33. The predicted octanol–water partition coefficient (Wildman–Crippen LogP) is 2.27. The van der Waals surface area contributed by atoms with Crippen LogP contribution in [0.3, 0.4) is 0 Å². The van der Waals surface area contributed by atoms with Gasteiger partial charge in [-0.15, -0.1) is 0 Å². The molecule has 1 saturated heterocycles. The molecule has 1 amide bonds. The van der Waals surface area contributed by atoms with E-state index in [4.69, 9.17) is 9.47 Å². The standard InChI is InChI=1S/C16H23NO3/c1-4-20-14-7-5-13(6-8-14)11-15(18)17-9-10-19-12-16(17,2)3/h5-8H,4,9-12H2,1-3H3. The van der Waals surface area contributed by atoms with Crippen LogP contribution in [0.25, 0.3) is 0 Å². The average Bonchev–Trinajstić information content (AvgIpc) is 2.40. The molecule has 1 heterocycles. The second-order valence-corrected chi connectivity index (χ2v) is 5.66. The van der Waals surface area contributed by atoms with Crippen LogP contribution in [-0.2, 0) is 16.0 Å². The smallest absolute Gasteiger partial charge is 0.227 e. The second kappa shape index (κ2) is 6.27. The van der Waals surface area contributed by atoms with Crippen LogP contribution in [0.2, 0.25) is 0 Å². The molecule has 20 heavy (non-hydrogen) atoms. The number of morpholine rings is 1. The number of rotatable bonds is 4. The summed E-state index contributed by atoms with van der Waals surface area (Å²) in [6.07, 6.45) is 0.426.